The predicted molar refractivity (Wildman–Crippen MR) is 71.8 cm³/mol. The van der Waals surface area contributed by atoms with Crippen molar-refractivity contribution in [2.75, 3.05) is 12.3 Å². The molecule has 1 aliphatic rings. The van der Waals surface area contributed by atoms with Gasteiger partial charge in [0.05, 0.1) is 5.69 Å². The van der Waals surface area contributed by atoms with Gasteiger partial charge < -0.3 is 15.8 Å². The molecule has 7 heteroatoms. The molecule has 0 atom stereocenters. The van der Waals surface area contributed by atoms with E-state index in [2.05, 4.69) is 17.0 Å². The highest BCUT2D eigenvalue weighted by molar-refractivity contribution is 5.95. The van der Waals surface area contributed by atoms with Gasteiger partial charge in [0.15, 0.2) is 5.75 Å². The summed E-state index contributed by atoms with van der Waals surface area (Å²) in [6, 6.07) is 3.49. The van der Waals surface area contributed by atoms with E-state index in [9.17, 15) is 18.0 Å². The van der Waals surface area contributed by atoms with Crippen LogP contribution in [0.2, 0.25) is 0 Å². The van der Waals surface area contributed by atoms with Crippen molar-refractivity contribution in [3.05, 3.63) is 23.8 Å². The van der Waals surface area contributed by atoms with E-state index in [1.54, 1.807) is 0 Å². The van der Waals surface area contributed by atoms with E-state index >= 15 is 0 Å². The summed E-state index contributed by atoms with van der Waals surface area (Å²) >= 11 is 0. The lowest BCUT2D eigenvalue weighted by Crippen LogP contribution is -2.30. The number of nitrogens with two attached hydrogens (primary N) is 1. The molecule has 21 heavy (non-hydrogen) atoms. The van der Waals surface area contributed by atoms with Gasteiger partial charge >= 0.3 is 6.36 Å². The highest BCUT2D eigenvalue weighted by Crippen LogP contribution is 2.47. The first kappa shape index (κ1) is 15.5. The molecule has 1 aromatic rings. The van der Waals surface area contributed by atoms with E-state index in [4.69, 9.17) is 5.73 Å². The van der Waals surface area contributed by atoms with Gasteiger partial charge in [0.2, 0.25) is 0 Å². The van der Waals surface area contributed by atoms with E-state index in [-0.39, 0.29) is 22.6 Å². The number of anilines is 1. The van der Waals surface area contributed by atoms with Gasteiger partial charge in [-0.3, -0.25) is 4.79 Å². The van der Waals surface area contributed by atoms with Crippen LogP contribution in [-0.2, 0) is 0 Å². The van der Waals surface area contributed by atoms with Crippen LogP contribution in [-0.4, -0.2) is 18.8 Å². The Hall–Kier alpha value is -1.92. The van der Waals surface area contributed by atoms with Gasteiger partial charge in [0.1, 0.15) is 0 Å². The van der Waals surface area contributed by atoms with Crippen LogP contribution in [0.25, 0.3) is 0 Å². The molecule has 2 rings (SSSR count). The summed E-state index contributed by atoms with van der Waals surface area (Å²) in [6.45, 7) is 2.64. The Morgan fingerprint density at radius 3 is 2.57 bits per heavy atom. The highest BCUT2D eigenvalue weighted by Gasteiger charge is 2.40. The van der Waals surface area contributed by atoms with Crippen LogP contribution < -0.4 is 15.8 Å². The lowest BCUT2D eigenvalue weighted by Gasteiger charge is -2.14. The molecule has 0 bridgehead atoms. The van der Waals surface area contributed by atoms with Crippen molar-refractivity contribution < 1.29 is 22.7 Å². The standard InChI is InChI=1S/C14H17F3N2O2/c1-2-13(5-6-13)8-19-12(20)9-3-4-11(10(18)7-9)21-14(15,16)17/h3-4,7H,2,5-6,8,18H2,1H3,(H,19,20). The van der Waals surface area contributed by atoms with Gasteiger partial charge in [-0.15, -0.1) is 13.2 Å². The van der Waals surface area contributed by atoms with Crippen LogP contribution in [0.3, 0.4) is 0 Å². The highest BCUT2D eigenvalue weighted by atomic mass is 19.4. The minimum Gasteiger partial charge on any atom is -0.404 e. The van der Waals surface area contributed by atoms with Crippen molar-refractivity contribution in [2.45, 2.75) is 32.5 Å². The molecular weight excluding hydrogens is 285 g/mol. The van der Waals surface area contributed by atoms with Gasteiger partial charge in [-0.2, -0.15) is 0 Å². The van der Waals surface area contributed by atoms with Crippen LogP contribution >= 0.6 is 0 Å². The van der Waals surface area contributed by atoms with Gasteiger partial charge in [-0.05, 0) is 42.9 Å². The largest absolute Gasteiger partial charge is 0.573 e. The van der Waals surface area contributed by atoms with Crippen molar-refractivity contribution in [3.63, 3.8) is 0 Å². The molecule has 0 aliphatic heterocycles. The maximum absolute atomic E-state index is 12.1. The van der Waals surface area contributed by atoms with E-state index in [0.29, 0.717) is 6.54 Å². The number of rotatable bonds is 5. The molecule has 4 nitrogen and oxygen atoms in total. The summed E-state index contributed by atoms with van der Waals surface area (Å²) in [4.78, 5) is 12.0. The van der Waals surface area contributed by atoms with Crippen LogP contribution in [0.15, 0.2) is 18.2 Å². The molecule has 0 spiro atoms. The summed E-state index contributed by atoms with van der Waals surface area (Å²) in [5.74, 6) is -0.855. The molecule has 0 heterocycles. The Morgan fingerprint density at radius 2 is 2.10 bits per heavy atom. The molecule has 0 aromatic heterocycles. The maximum Gasteiger partial charge on any atom is 0.573 e. The summed E-state index contributed by atoms with van der Waals surface area (Å²) in [5, 5.41) is 2.79. The van der Waals surface area contributed by atoms with E-state index in [0.717, 1.165) is 25.3 Å². The number of hydrogen-bond donors (Lipinski definition) is 2. The Balaban J connectivity index is 2.00. The number of amides is 1. The molecular formula is C14H17F3N2O2. The van der Waals surface area contributed by atoms with Crippen molar-refractivity contribution in [1.82, 2.24) is 5.32 Å². The second-order valence-corrected chi connectivity index (χ2v) is 5.34. The Labute approximate surface area is 120 Å². The minimum absolute atomic E-state index is 0.195. The van der Waals surface area contributed by atoms with Crippen LogP contribution in [0.5, 0.6) is 5.75 Å². The van der Waals surface area contributed by atoms with E-state index in [1.165, 1.54) is 12.1 Å². The number of alkyl halides is 3. The maximum atomic E-state index is 12.1. The number of nitrogen functional groups attached to an aromatic ring is 1. The predicted octanol–water partition coefficient (Wildman–Crippen LogP) is 3.09. The lowest BCUT2D eigenvalue weighted by atomic mass is 10.0. The molecule has 0 saturated heterocycles. The number of ether oxygens (including phenoxy) is 1. The Bertz CT molecular complexity index is 540. The van der Waals surface area contributed by atoms with Gasteiger partial charge in [0, 0.05) is 12.1 Å². The lowest BCUT2D eigenvalue weighted by molar-refractivity contribution is -0.274. The minimum atomic E-state index is -4.81. The average molecular weight is 302 g/mol. The second kappa shape index (κ2) is 5.46. The smallest absolute Gasteiger partial charge is 0.404 e. The fourth-order valence-electron chi connectivity index (χ4n) is 2.11. The number of halogens is 3. The molecule has 1 fully saturated rings. The molecule has 116 valence electrons. The van der Waals surface area contributed by atoms with Crippen LogP contribution in [0.4, 0.5) is 18.9 Å². The molecule has 1 aromatic carbocycles. The number of carbonyl (C=O) groups is 1. The zero-order valence-electron chi connectivity index (χ0n) is 11.6. The second-order valence-electron chi connectivity index (χ2n) is 5.34. The topological polar surface area (TPSA) is 64.3 Å². The molecule has 0 radical (unpaired) electrons. The Kier molecular flexibility index (Phi) is 4.02. The fourth-order valence-corrected chi connectivity index (χ4v) is 2.11. The van der Waals surface area contributed by atoms with Crippen molar-refractivity contribution in [3.8, 4) is 5.75 Å². The first-order chi connectivity index (χ1) is 9.75. The molecule has 1 aliphatic carbocycles. The summed E-state index contributed by atoms with van der Waals surface area (Å²) in [6.07, 6.45) is -1.64. The Morgan fingerprint density at radius 1 is 1.43 bits per heavy atom. The third kappa shape index (κ3) is 4.03. The molecule has 3 N–H and O–H groups in total. The van der Waals surface area contributed by atoms with E-state index < -0.39 is 12.1 Å². The van der Waals surface area contributed by atoms with Crippen molar-refractivity contribution in [2.24, 2.45) is 5.41 Å². The van der Waals surface area contributed by atoms with Gasteiger partial charge in [-0.1, -0.05) is 6.92 Å². The normalized spacial score (nSPS) is 16.4. The molecule has 1 amide bonds. The molecule has 0 unspecified atom stereocenters. The first-order valence-corrected chi connectivity index (χ1v) is 6.68. The fraction of sp³-hybridized carbons (Fsp3) is 0.500. The zero-order chi connectivity index (χ0) is 15.7. The zero-order valence-corrected chi connectivity index (χ0v) is 11.6. The number of benzene rings is 1. The average Bonchev–Trinajstić information content (AvgIpc) is 3.17. The molecule has 1 saturated carbocycles. The summed E-state index contributed by atoms with van der Waals surface area (Å²) in [5.41, 5.74) is 5.67. The third-order valence-electron chi connectivity index (χ3n) is 3.83. The van der Waals surface area contributed by atoms with Crippen molar-refractivity contribution in [1.29, 1.82) is 0 Å². The monoisotopic (exact) mass is 302 g/mol. The summed E-state index contributed by atoms with van der Waals surface area (Å²) in [7, 11) is 0. The number of nitrogens with one attached hydrogen (secondary N) is 1. The van der Waals surface area contributed by atoms with Crippen LogP contribution in [0, 0.1) is 5.41 Å². The third-order valence-corrected chi connectivity index (χ3v) is 3.83. The van der Waals surface area contributed by atoms with Crippen LogP contribution in [0.1, 0.15) is 36.5 Å². The van der Waals surface area contributed by atoms with Gasteiger partial charge in [-0.25, -0.2) is 0 Å². The SMILES string of the molecule is CCC1(CNC(=O)c2ccc(OC(F)(F)F)c(N)c2)CC1. The van der Waals surface area contributed by atoms with Crippen molar-refractivity contribution >= 4 is 11.6 Å². The first-order valence-electron chi connectivity index (χ1n) is 6.68. The quantitative estimate of drug-likeness (QED) is 0.822. The summed E-state index contributed by atoms with van der Waals surface area (Å²) < 4.78 is 40.1. The number of carbonyl (C=O) groups excluding carboxylic acids is 1. The number of hydrogen-bond acceptors (Lipinski definition) is 3. The van der Waals surface area contributed by atoms with E-state index in [1.807, 2.05) is 0 Å². The van der Waals surface area contributed by atoms with Gasteiger partial charge in [0.25, 0.3) is 5.91 Å².